The first-order valence-corrected chi connectivity index (χ1v) is 11.0. The molecule has 8 nitrogen and oxygen atoms in total. The second-order valence-electron chi connectivity index (χ2n) is 8.04. The third kappa shape index (κ3) is 8.20. The highest BCUT2D eigenvalue weighted by Crippen LogP contribution is 2.28. The van der Waals surface area contributed by atoms with Gasteiger partial charge in [0.1, 0.15) is 11.5 Å². The molecule has 2 aromatic rings. The summed E-state index contributed by atoms with van der Waals surface area (Å²) in [5, 5.41) is 14.3. The highest BCUT2D eigenvalue weighted by molar-refractivity contribution is 5.95. The van der Waals surface area contributed by atoms with Gasteiger partial charge in [-0.3, -0.25) is 14.4 Å². The molecule has 1 aliphatic rings. The molecule has 3 N–H and O–H groups in total. The maximum absolute atomic E-state index is 12.3. The maximum Gasteiger partial charge on any atom is 0.573 e. The van der Waals surface area contributed by atoms with Gasteiger partial charge in [0, 0.05) is 24.2 Å². The minimum absolute atomic E-state index is 0.0535. The zero-order chi connectivity index (χ0) is 25.4. The zero-order valence-corrected chi connectivity index (χ0v) is 18.6. The average Bonchev–Trinajstić information content (AvgIpc) is 2.82. The lowest BCUT2D eigenvalue weighted by molar-refractivity contribution is -0.274. The van der Waals surface area contributed by atoms with Crippen molar-refractivity contribution < 1.29 is 42.1 Å². The van der Waals surface area contributed by atoms with Crippen molar-refractivity contribution in [3.8, 4) is 11.5 Å². The van der Waals surface area contributed by atoms with Crippen molar-refractivity contribution >= 4 is 17.8 Å². The number of hydrogen-bond donors (Lipinski definition) is 3. The van der Waals surface area contributed by atoms with Crippen LogP contribution in [0.4, 0.5) is 13.2 Å². The number of rotatable bonds is 9. The summed E-state index contributed by atoms with van der Waals surface area (Å²) < 4.78 is 46.2. The molecule has 1 saturated carbocycles. The molecule has 188 valence electrons. The summed E-state index contributed by atoms with van der Waals surface area (Å²) in [7, 11) is 0. The predicted molar refractivity (Wildman–Crippen MR) is 118 cm³/mol. The molecular formula is C24H25F3N2O6. The van der Waals surface area contributed by atoms with Gasteiger partial charge in [0.25, 0.3) is 11.8 Å². The number of halogens is 3. The van der Waals surface area contributed by atoms with Crippen LogP contribution < -0.4 is 20.1 Å². The van der Waals surface area contributed by atoms with Gasteiger partial charge in [-0.2, -0.15) is 0 Å². The van der Waals surface area contributed by atoms with Crippen LogP contribution in [0.15, 0.2) is 48.5 Å². The number of benzene rings is 2. The van der Waals surface area contributed by atoms with E-state index < -0.39 is 24.0 Å². The summed E-state index contributed by atoms with van der Waals surface area (Å²) in [6.45, 7) is 0.260. The van der Waals surface area contributed by atoms with E-state index in [-0.39, 0.29) is 36.6 Å². The summed E-state index contributed by atoms with van der Waals surface area (Å²) in [6.07, 6.45) is -2.38. The molecule has 0 saturated heterocycles. The van der Waals surface area contributed by atoms with Crippen molar-refractivity contribution in [2.75, 3.05) is 13.1 Å². The summed E-state index contributed by atoms with van der Waals surface area (Å²) in [5.41, 5.74) is 0.552. The van der Waals surface area contributed by atoms with Crippen molar-refractivity contribution in [3.63, 3.8) is 0 Å². The van der Waals surface area contributed by atoms with Gasteiger partial charge in [-0.15, -0.1) is 13.2 Å². The van der Waals surface area contributed by atoms with E-state index in [0.717, 1.165) is 12.1 Å². The second-order valence-corrected chi connectivity index (χ2v) is 8.04. The Bertz CT molecular complexity index is 1020. The van der Waals surface area contributed by atoms with Crippen LogP contribution in [0, 0.1) is 5.92 Å². The smallest absolute Gasteiger partial charge is 0.490 e. The summed E-state index contributed by atoms with van der Waals surface area (Å²) in [4.78, 5) is 35.4. The molecule has 1 fully saturated rings. The Hall–Kier alpha value is -3.76. The Balaban J connectivity index is 1.37. The van der Waals surface area contributed by atoms with E-state index in [1.165, 1.54) is 12.1 Å². The molecule has 11 heteroatoms. The van der Waals surface area contributed by atoms with Gasteiger partial charge in [-0.1, -0.05) is 0 Å². The number of hydrogen-bond acceptors (Lipinski definition) is 5. The van der Waals surface area contributed by atoms with Gasteiger partial charge in [-0.05, 0) is 74.2 Å². The number of carbonyl (C=O) groups is 3. The Kier molecular flexibility index (Phi) is 8.56. The summed E-state index contributed by atoms with van der Waals surface area (Å²) in [5.74, 6) is -1.77. The molecule has 0 aliphatic heterocycles. The molecule has 0 heterocycles. The number of carbonyl (C=O) groups excluding carboxylic acids is 2. The predicted octanol–water partition coefficient (Wildman–Crippen LogP) is 3.77. The van der Waals surface area contributed by atoms with Crippen molar-refractivity contribution in [1.82, 2.24) is 10.6 Å². The molecule has 2 aromatic carbocycles. The fraction of sp³-hybridized carbons (Fsp3) is 0.375. The lowest BCUT2D eigenvalue weighted by atomic mass is 9.87. The molecular weight excluding hydrogens is 469 g/mol. The van der Waals surface area contributed by atoms with E-state index in [1.54, 1.807) is 24.3 Å². The first kappa shape index (κ1) is 25.9. The van der Waals surface area contributed by atoms with E-state index >= 15 is 0 Å². The molecule has 0 aromatic heterocycles. The quantitative estimate of drug-likeness (QED) is 0.458. The highest BCUT2D eigenvalue weighted by atomic mass is 19.4. The van der Waals surface area contributed by atoms with Gasteiger partial charge in [0.2, 0.25) is 0 Å². The van der Waals surface area contributed by atoms with Gasteiger partial charge in [-0.25, -0.2) is 0 Å². The molecule has 3 rings (SSSR count). The summed E-state index contributed by atoms with van der Waals surface area (Å²) >= 11 is 0. The standard InChI is InChI=1S/C24H25F3N2O6/c25-24(26,27)35-20-11-3-16(4-12-20)22(31)29-14-13-28-21(30)15-1-7-18(8-2-15)34-19-9-5-17(6-10-19)23(32)33/h1-4,7-8,11-12,17,19H,5-6,9-10,13-14H2,(H,28,30)(H,29,31)(H,32,33). The number of alkyl halides is 3. The minimum Gasteiger partial charge on any atom is -0.490 e. The molecule has 35 heavy (non-hydrogen) atoms. The number of aliphatic carboxylic acids is 1. The number of carboxylic acids is 1. The molecule has 0 radical (unpaired) electrons. The van der Waals surface area contributed by atoms with Crippen LogP contribution in [-0.4, -0.2) is 48.4 Å². The average molecular weight is 494 g/mol. The van der Waals surface area contributed by atoms with Crippen molar-refractivity contribution in [3.05, 3.63) is 59.7 Å². The normalized spacial score (nSPS) is 17.8. The van der Waals surface area contributed by atoms with Crippen LogP contribution in [0.25, 0.3) is 0 Å². The topological polar surface area (TPSA) is 114 Å². The van der Waals surface area contributed by atoms with E-state index in [4.69, 9.17) is 9.84 Å². The maximum atomic E-state index is 12.3. The van der Waals surface area contributed by atoms with E-state index in [1.807, 2.05) is 0 Å². The molecule has 0 atom stereocenters. The first-order valence-electron chi connectivity index (χ1n) is 11.0. The monoisotopic (exact) mass is 494 g/mol. The molecule has 2 amide bonds. The minimum atomic E-state index is -4.81. The van der Waals surface area contributed by atoms with Crippen LogP contribution >= 0.6 is 0 Å². The highest BCUT2D eigenvalue weighted by Gasteiger charge is 2.31. The van der Waals surface area contributed by atoms with Crippen molar-refractivity contribution in [2.24, 2.45) is 5.92 Å². The zero-order valence-electron chi connectivity index (χ0n) is 18.6. The van der Waals surface area contributed by atoms with Gasteiger partial charge in [0.05, 0.1) is 12.0 Å². The largest absolute Gasteiger partial charge is 0.573 e. The fourth-order valence-electron chi connectivity index (χ4n) is 3.67. The van der Waals surface area contributed by atoms with Crippen LogP contribution in [0.2, 0.25) is 0 Å². The lowest BCUT2D eigenvalue weighted by Gasteiger charge is -2.26. The Morgan fingerprint density at radius 1 is 0.800 bits per heavy atom. The third-order valence-electron chi connectivity index (χ3n) is 5.49. The van der Waals surface area contributed by atoms with Crippen LogP contribution in [-0.2, 0) is 4.79 Å². The van der Waals surface area contributed by atoms with Crippen LogP contribution in [0.1, 0.15) is 46.4 Å². The Morgan fingerprint density at radius 3 is 1.69 bits per heavy atom. The van der Waals surface area contributed by atoms with Crippen LogP contribution in [0.3, 0.4) is 0 Å². The Labute approximate surface area is 199 Å². The SMILES string of the molecule is O=C(NCCNC(=O)c1ccc(OC(F)(F)F)cc1)c1ccc(OC2CCC(C(=O)O)CC2)cc1. The number of carboxylic acid groups (broad SMARTS) is 1. The second kappa shape index (κ2) is 11.6. The van der Waals surface area contributed by atoms with Crippen molar-refractivity contribution in [2.45, 2.75) is 38.1 Å². The first-order chi connectivity index (χ1) is 16.6. The van der Waals surface area contributed by atoms with Crippen LogP contribution in [0.5, 0.6) is 11.5 Å². The van der Waals surface area contributed by atoms with E-state index in [0.29, 0.717) is 37.0 Å². The lowest BCUT2D eigenvalue weighted by Crippen LogP contribution is -2.34. The van der Waals surface area contributed by atoms with Crippen molar-refractivity contribution in [1.29, 1.82) is 0 Å². The molecule has 0 bridgehead atoms. The number of nitrogens with one attached hydrogen (secondary N) is 2. The number of ether oxygens (including phenoxy) is 2. The number of amides is 2. The fourth-order valence-corrected chi connectivity index (χ4v) is 3.67. The van der Waals surface area contributed by atoms with E-state index in [2.05, 4.69) is 15.4 Å². The van der Waals surface area contributed by atoms with Gasteiger partial charge in [0.15, 0.2) is 0 Å². The van der Waals surface area contributed by atoms with E-state index in [9.17, 15) is 27.6 Å². The molecule has 0 spiro atoms. The Morgan fingerprint density at radius 2 is 1.26 bits per heavy atom. The third-order valence-corrected chi connectivity index (χ3v) is 5.49. The molecule has 0 unspecified atom stereocenters. The summed E-state index contributed by atoms with van der Waals surface area (Å²) in [6, 6.07) is 11.1. The van der Waals surface area contributed by atoms with Gasteiger partial charge < -0.3 is 25.2 Å². The van der Waals surface area contributed by atoms with Gasteiger partial charge >= 0.3 is 12.3 Å². The molecule has 1 aliphatic carbocycles.